The minimum atomic E-state index is -0.190. The number of hydrogen-bond acceptors (Lipinski definition) is 2. The van der Waals surface area contributed by atoms with Gasteiger partial charge in [0.2, 0.25) is 0 Å². The highest BCUT2D eigenvalue weighted by atomic mass is 35.5. The van der Waals surface area contributed by atoms with Crippen LogP contribution in [0.3, 0.4) is 0 Å². The Labute approximate surface area is 99.4 Å². The summed E-state index contributed by atoms with van der Waals surface area (Å²) in [5, 5.41) is 12.3. The molecule has 1 saturated carbocycles. The Balaban J connectivity index is 2.12. The van der Waals surface area contributed by atoms with Gasteiger partial charge in [-0.1, -0.05) is 0 Å². The minimum Gasteiger partial charge on any atom is -0.508 e. The number of benzene rings is 1. The highest BCUT2D eigenvalue weighted by Gasteiger charge is 2.43. The van der Waals surface area contributed by atoms with Gasteiger partial charge in [0.05, 0.1) is 5.54 Å². The number of alkyl halides is 1. The summed E-state index contributed by atoms with van der Waals surface area (Å²) in [5.74, 6) is 0.534. The zero-order chi connectivity index (χ0) is 11.8. The van der Waals surface area contributed by atoms with E-state index < -0.39 is 0 Å². The van der Waals surface area contributed by atoms with E-state index in [0.29, 0.717) is 17.0 Å². The van der Waals surface area contributed by atoms with Crippen LogP contribution in [0.4, 0.5) is 0 Å². The van der Waals surface area contributed by atoms with E-state index in [2.05, 4.69) is 5.32 Å². The summed E-state index contributed by atoms with van der Waals surface area (Å²) in [5.41, 5.74) is 1.07. The number of rotatable bonds is 3. The third-order valence-corrected chi connectivity index (χ3v) is 3.46. The molecule has 0 aliphatic heterocycles. The molecule has 0 bridgehead atoms. The second-order valence-electron chi connectivity index (χ2n) is 4.37. The third-order valence-electron chi connectivity index (χ3n) is 2.95. The maximum absolute atomic E-state index is 11.9. The van der Waals surface area contributed by atoms with Crippen molar-refractivity contribution in [2.45, 2.75) is 25.3 Å². The smallest absolute Gasteiger partial charge is 0.251 e. The molecule has 1 aromatic rings. The highest BCUT2D eigenvalue weighted by Crippen LogP contribution is 2.36. The van der Waals surface area contributed by atoms with Gasteiger partial charge in [0.25, 0.3) is 5.91 Å². The Hall–Kier alpha value is -1.22. The Morgan fingerprint density at radius 3 is 2.75 bits per heavy atom. The molecule has 0 spiro atoms. The summed E-state index contributed by atoms with van der Waals surface area (Å²) in [6.45, 7) is 1.76. The van der Waals surface area contributed by atoms with Crippen LogP contribution < -0.4 is 5.32 Å². The summed E-state index contributed by atoms with van der Waals surface area (Å²) in [4.78, 5) is 11.9. The SMILES string of the molecule is Cc1cc(C(=O)NC2(CCl)CC2)ccc1O. The second kappa shape index (κ2) is 3.98. The Kier molecular flexibility index (Phi) is 2.80. The minimum absolute atomic E-state index is 0.124. The molecule has 0 aromatic heterocycles. The predicted octanol–water partition coefficient (Wildman–Crippen LogP) is 2.20. The van der Waals surface area contributed by atoms with E-state index in [9.17, 15) is 9.90 Å². The van der Waals surface area contributed by atoms with E-state index in [1.54, 1.807) is 19.1 Å². The van der Waals surface area contributed by atoms with Crippen molar-refractivity contribution in [3.63, 3.8) is 0 Å². The Morgan fingerprint density at radius 1 is 1.56 bits per heavy atom. The van der Waals surface area contributed by atoms with E-state index in [4.69, 9.17) is 11.6 Å². The quantitative estimate of drug-likeness (QED) is 0.795. The number of phenolic OH excluding ortho intramolecular Hbond substituents is 1. The number of aryl methyl sites for hydroxylation is 1. The van der Waals surface area contributed by atoms with Crippen molar-refractivity contribution in [1.82, 2.24) is 5.32 Å². The number of carbonyl (C=O) groups is 1. The van der Waals surface area contributed by atoms with Crippen LogP contribution in [0, 0.1) is 6.92 Å². The van der Waals surface area contributed by atoms with Crippen LogP contribution in [-0.2, 0) is 0 Å². The molecule has 0 atom stereocenters. The fourth-order valence-corrected chi connectivity index (χ4v) is 1.89. The van der Waals surface area contributed by atoms with E-state index in [0.717, 1.165) is 12.8 Å². The van der Waals surface area contributed by atoms with Crippen molar-refractivity contribution < 1.29 is 9.90 Å². The lowest BCUT2D eigenvalue weighted by Crippen LogP contribution is -2.38. The predicted molar refractivity (Wildman–Crippen MR) is 63.0 cm³/mol. The zero-order valence-corrected chi connectivity index (χ0v) is 9.84. The van der Waals surface area contributed by atoms with E-state index in [1.165, 1.54) is 6.07 Å². The molecule has 0 radical (unpaired) electrons. The molecule has 1 aliphatic carbocycles. The molecule has 1 aromatic carbocycles. The third kappa shape index (κ3) is 2.14. The number of aromatic hydroxyl groups is 1. The topological polar surface area (TPSA) is 49.3 Å². The first-order valence-corrected chi connectivity index (χ1v) is 5.78. The molecule has 0 saturated heterocycles. The summed E-state index contributed by atoms with van der Waals surface area (Å²) < 4.78 is 0. The van der Waals surface area contributed by atoms with Gasteiger partial charge in [-0.2, -0.15) is 0 Å². The fraction of sp³-hybridized carbons (Fsp3) is 0.417. The number of nitrogens with one attached hydrogen (secondary N) is 1. The van der Waals surface area contributed by atoms with Crippen molar-refractivity contribution in [3.05, 3.63) is 29.3 Å². The van der Waals surface area contributed by atoms with Gasteiger partial charge in [-0.25, -0.2) is 0 Å². The van der Waals surface area contributed by atoms with E-state index in [1.807, 2.05) is 0 Å². The van der Waals surface area contributed by atoms with E-state index in [-0.39, 0.29) is 17.2 Å². The maximum atomic E-state index is 11.9. The number of amides is 1. The molecule has 2 N–H and O–H groups in total. The molecular formula is C12H14ClNO2. The van der Waals surface area contributed by atoms with Crippen molar-refractivity contribution in [2.75, 3.05) is 5.88 Å². The molecule has 1 fully saturated rings. The van der Waals surface area contributed by atoms with Crippen LogP contribution in [-0.4, -0.2) is 22.4 Å². The molecule has 16 heavy (non-hydrogen) atoms. The standard InChI is InChI=1S/C12H14ClNO2/c1-8-6-9(2-3-10(8)15)11(16)14-12(7-13)4-5-12/h2-3,6,15H,4-5,7H2,1H3,(H,14,16). The van der Waals surface area contributed by atoms with Crippen LogP contribution in [0.1, 0.15) is 28.8 Å². The van der Waals surface area contributed by atoms with Crippen molar-refractivity contribution in [3.8, 4) is 5.75 Å². The highest BCUT2D eigenvalue weighted by molar-refractivity contribution is 6.19. The largest absolute Gasteiger partial charge is 0.508 e. The lowest BCUT2D eigenvalue weighted by atomic mass is 10.1. The number of halogens is 1. The van der Waals surface area contributed by atoms with Crippen LogP contribution in [0.25, 0.3) is 0 Å². The molecule has 1 aliphatic rings. The summed E-state index contributed by atoms with van der Waals surface area (Å²) >= 11 is 5.79. The van der Waals surface area contributed by atoms with Crippen LogP contribution >= 0.6 is 11.6 Å². The monoisotopic (exact) mass is 239 g/mol. The first-order chi connectivity index (χ1) is 7.56. The number of phenols is 1. The van der Waals surface area contributed by atoms with Gasteiger partial charge in [-0.15, -0.1) is 11.6 Å². The van der Waals surface area contributed by atoms with Gasteiger partial charge in [0, 0.05) is 11.4 Å². The van der Waals surface area contributed by atoms with Crippen LogP contribution in [0.5, 0.6) is 5.75 Å². The average molecular weight is 240 g/mol. The second-order valence-corrected chi connectivity index (χ2v) is 4.64. The molecular weight excluding hydrogens is 226 g/mol. The molecule has 1 amide bonds. The summed E-state index contributed by atoms with van der Waals surface area (Å²) in [6, 6.07) is 4.82. The van der Waals surface area contributed by atoms with Crippen LogP contribution in [0.15, 0.2) is 18.2 Å². The fourth-order valence-electron chi connectivity index (χ4n) is 1.55. The lowest BCUT2D eigenvalue weighted by Gasteiger charge is -2.14. The first kappa shape index (κ1) is 11.3. The number of carbonyl (C=O) groups excluding carboxylic acids is 1. The van der Waals surface area contributed by atoms with Crippen molar-refractivity contribution in [2.24, 2.45) is 0 Å². The van der Waals surface area contributed by atoms with Gasteiger partial charge < -0.3 is 10.4 Å². The Bertz CT molecular complexity index is 427. The zero-order valence-electron chi connectivity index (χ0n) is 9.09. The van der Waals surface area contributed by atoms with Gasteiger partial charge in [-0.3, -0.25) is 4.79 Å². The molecule has 3 nitrogen and oxygen atoms in total. The van der Waals surface area contributed by atoms with Gasteiger partial charge in [0.15, 0.2) is 0 Å². The van der Waals surface area contributed by atoms with Gasteiger partial charge in [-0.05, 0) is 43.5 Å². The first-order valence-electron chi connectivity index (χ1n) is 5.24. The van der Waals surface area contributed by atoms with Crippen LogP contribution in [0.2, 0.25) is 0 Å². The van der Waals surface area contributed by atoms with Crippen molar-refractivity contribution in [1.29, 1.82) is 0 Å². The molecule has 0 unspecified atom stereocenters. The molecule has 0 heterocycles. The summed E-state index contributed by atoms with van der Waals surface area (Å²) in [6.07, 6.45) is 1.89. The van der Waals surface area contributed by atoms with Crippen molar-refractivity contribution >= 4 is 17.5 Å². The average Bonchev–Trinajstić information content (AvgIpc) is 3.02. The number of hydrogen-bond donors (Lipinski definition) is 2. The Morgan fingerprint density at radius 2 is 2.25 bits per heavy atom. The molecule has 2 rings (SSSR count). The van der Waals surface area contributed by atoms with E-state index >= 15 is 0 Å². The van der Waals surface area contributed by atoms with Gasteiger partial charge >= 0.3 is 0 Å². The summed E-state index contributed by atoms with van der Waals surface area (Å²) in [7, 11) is 0. The van der Waals surface area contributed by atoms with Gasteiger partial charge in [0.1, 0.15) is 5.75 Å². The molecule has 86 valence electrons. The normalized spacial score (nSPS) is 16.9. The molecule has 4 heteroatoms. The lowest BCUT2D eigenvalue weighted by molar-refractivity contribution is 0.0936. The maximum Gasteiger partial charge on any atom is 0.251 e.